The van der Waals surface area contributed by atoms with Crippen LogP contribution in [0.25, 0.3) is 0 Å². The topological polar surface area (TPSA) is 81.0 Å². The second kappa shape index (κ2) is 6.48. The van der Waals surface area contributed by atoms with Crippen LogP contribution < -0.4 is 4.72 Å². The van der Waals surface area contributed by atoms with Gasteiger partial charge in [-0.25, -0.2) is 0 Å². The van der Waals surface area contributed by atoms with E-state index in [4.69, 9.17) is 0 Å². The van der Waals surface area contributed by atoms with E-state index in [2.05, 4.69) is 21.8 Å². The first kappa shape index (κ1) is 13.8. The minimum Gasteiger partial charge on any atom is -0.300 e. The molecular formula is C11H12N4O2S2. The fourth-order valence-electron chi connectivity index (χ4n) is 1.40. The van der Waals surface area contributed by atoms with Crippen molar-refractivity contribution in [2.75, 3.05) is 4.72 Å². The zero-order valence-corrected chi connectivity index (χ0v) is 11.8. The largest absolute Gasteiger partial charge is 0.300 e. The van der Waals surface area contributed by atoms with Crippen LogP contribution >= 0.6 is 23.3 Å². The third-order valence-electron chi connectivity index (χ3n) is 2.24. The van der Waals surface area contributed by atoms with Gasteiger partial charge in [-0.05, 0) is 24.4 Å². The number of rotatable bonds is 6. The zero-order valence-electron chi connectivity index (χ0n) is 10.2. The fraction of sp³-hybridized carbons (Fsp3) is 0.273. The summed E-state index contributed by atoms with van der Waals surface area (Å²) in [6.45, 7) is 2.08. The quantitative estimate of drug-likeness (QED) is 0.499. The lowest BCUT2D eigenvalue weighted by Gasteiger charge is -2.01. The summed E-state index contributed by atoms with van der Waals surface area (Å²) in [6.07, 6.45) is 1.92. The number of aromatic nitrogens is 2. The minimum atomic E-state index is -0.396. The van der Waals surface area contributed by atoms with Gasteiger partial charge in [-0.15, -0.1) is 10.2 Å². The summed E-state index contributed by atoms with van der Waals surface area (Å²) in [5.74, 6) is 0. The Hall–Kier alpha value is -1.67. The number of benzene rings is 1. The van der Waals surface area contributed by atoms with Crippen molar-refractivity contribution < 1.29 is 4.92 Å². The lowest BCUT2D eigenvalue weighted by atomic mass is 10.3. The van der Waals surface area contributed by atoms with Crippen LogP contribution in [0.3, 0.4) is 0 Å². The Morgan fingerprint density at radius 3 is 2.95 bits per heavy atom. The summed E-state index contributed by atoms with van der Waals surface area (Å²) in [5, 5.41) is 20.5. The molecule has 0 unspecified atom stereocenters. The van der Waals surface area contributed by atoms with Crippen LogP contribution in [-0.2, 0) is 6.42 Å². The summed E-state index contributed by atoms with van der Waals surface area (Å²) >= 11 is 2.64. The molecule has 1 heterocycles. The van der Waals surface area contributed by atoms with Gasteiger partial charge in [0.1, 0.15) is 9.90 Å². The number of nitro groups is 1. The molecule has 2 aromatic rings. The van der Waals surface area contributed by atoms with E-state index >= 15 is 0 Å². The van der Waals surface area contributed by atoms with Gasteiger partial charge in [-0.1, -0.05) is 30.4 Å². The lowest BCUT2D eigenvalue weighted by molar-refractivity contribution is -0.387. The average molecular weight is 296 g/mol. The maximum absolute atomic E-state index is 10.9. The second-order valence-electron chi connectivity index (χ2n) is 3.68. The Morgan fingerprint density at radius 1 is 1.42 bits per heavy atom. The average Bonchev–Trinajstić information content (AvgIpc) is 2.85. The molecule has 19 heavy (non-hydrogen) atoms. The number of para-hydroxylation sites is 1. The van der Waals surface area contributed by atoms with E-state index in [9.17, 15) is 10.1 Å². The Bertz CT molecular complexity index is 573. The van der Waals surface area contributed by atoms with Gasteiger partial charge in [0.25, 0.3) is 5.69 Å². The van der Waals surface area contributed by atoms with Crippen molar-refractivity contribution in [1.82, 2.24) is 10.2 Å². The van der Waals surface area contributed by atoms with Crippen molar-refractivity contribution >= 4 is 34.1 Å². The van der Waals surface area contributed by atoms with Gasteiger partial charge in [0, 0.05) is 12.5 Å². The van der Waals surface area contributed by atoms with E-state index in [-0.39, 0.29) is 5.69 Å². The van der Waals surface area contributed by atoms with Crippen LogP contribution in [0, 0.1) is 10.1 Å². The van der Waals surface area contributed by atoms with E-state index in [1.54, 1.807) is 18.2 Å². The van der Waals surface area contributed by atoms with Crippen molar-refractivity contribution in [2.24, 2.45) is 0 Å². The van der Waals surface area contributed by atoms with E-state index in [1.807, 2.05) is 0 Å². The molecule has 0 atom stereocenters. The highest BCUT2D eigenvalue weighted by Gasteiger charge is 2.13. The summed E-state index contributed by atoms with van der Waals surface area (Å²) in [6, 6.07) is 6.59. The van der Waals surface area contributed by atoms with E-state index in [0.29, 0.717) is 10.0 Å². The number of anilines is 1. The minimum absolute atomic E-state index is 0.0818. The molecular weight excluding hydrogens is 284 g/mol. The molecule has 100 valence electrons. The first-order valence-corrected chi connectivity index (χ1v) is 7.32. The monoisotopic (exact) mass is 296 g/mol. The Morgan fingerprint density at radius 2 is 2.21 bits per heavy atom. The molecule has 2 rings (SSSR count). The second-order valence-corrected chi connectivity index (χ2v) is 5.59. The van der Waals surface area contributed by atoms with E-state index in [1.165, 1.54) is 29.4 Å². The summed E-state index contributed by atoms with van der Waals surface area (Å²) in [7, 11) is 0. The number of nitro benzene ring substituents is 1. The zero-order chi connectivity index (χ0) is 13.7. The third kappa shape index (κ3) is 3.65. The summed E-state index contributed by atoms with van der Waals surface area (Å²) < 4.78 is 2.99. The smallest absolute Gasteiger partial charge is 0.284 e. The number of hydrogen-bond acceptors (Lipinski definition) is 7. The first-order chi connectivity index (χ1) is 9.20. The SMILES string of the molecule is CCCc1nnc(NSc2ccccc2[N+](=O)[O-])s1. The van der Waals surface area contributed by atoms with Crippen LogP contribution in [0.5, 0.6) is 0 Å². The predicted octanol–water partition coefficient (Wildman–Crippen LogP) is 3.52. The molecule has 1 N–H and O–H groups in total. The van der Waals surface area contributed by atoms with Crippen molar-refractivity contribution in [3.8, 4) is 0 Å². The van der Waals surface area contributed by atoms with Crippen molar-refractivity contribution in [1.29, 1.82) is 0 Å². The van der Waals surface area contributed by atoms with Crippen LogP contribution in [0.1, 0.15) is 18.4 Å². The van der Waals surface area contributed by atoms with Crippen molar-refractivity contribution in [3.05, 3.63) is 39.4 Å². The molecule has 0 radical (unpaired) electrons. The normalized spacial score (nSPS) is 10.4. The van der Waals surface area contributed by atoms with Gasteiger partial charge >= 0.3 is 0 Å². The molecule has 0 spiro atoms. The van der Waals surface area contributed by atoms with Crippen molar-refractivity contribution in [3.63, 3.8) is 0 Å². The maximum Gasteiger partial charge on any atom is 0.284 e. The van der Waals surface area contributed by atoms with Gasteiger partial charge in [-0.2, -0.15) is 0 Å². The van der Waals surface area contributed by atoms with Gasteiger partial charge in [0.05, 0.1) is 4.92 Å². The number of nitrogens with zero attached hydrogens (tertiary/aromatic N) is 3. The predicted molar refractivity (Wildman–Crippen MR) is 76.5 cm³/mol. The Balaban J connectivity index is 2.03. The highest BCUT2D eigenvalue weighted by molar-refractivity contribution is 8.00. The highest BCUT2D eigenvalue weighted by Crippen LogP contribution is 2.30. The number of hydrogen-bond donors (Lipinski definition) is 1. The molecule has 8 heteroatoms. The molecule has 0 saturated heterocycles. The van der Waals surface area contributed by atoms with Crippen LogP contribution in [-0.4, -0.2) is 15.1 Å². The van der Waals surface area contributed by atoms with Gasteiger partial charge < -0.3 is 0 Å². The molecule has 0 fully saturated rings. The molecule has 0 bridgehead atoms. The molecule has 0 amide bonds. The molecule has 0 aliphatic rings. The number of nitrogens with one attached hydrogen (secondary N) is 1. The van der Waals surface area contributed by atoms with Crippen LogP contribution in [0.2, 0.25) is 0 Å². The molecule has 6 nitrogen and oxygen atoms in total. The maximum atomic E-state index is 10.9. The highest BCUT2D eigenvalue weighted by atomic mass is 32.2. The number of aryl methyl sites for hydroxylation is 1. The fourth-order valence-corrected chi connectivity index (χ4v) is 3.02. The molecule has 0 aliphatic heterocycles. The van der Waals surface area contributed by atoms with Crippen LogP contribution in [0.4, 0.5) is 10.8 Å². The molecule has 0 aliphatic carbocycles. The molecule has 0 saturated carbocycles. The standard InChI is InChI=1S/C11H12N4O2S2/c1-2-5-10-12-13-11(18-10)14-19-9-7-4-3-6-8(9)15(16)17/h3-4,6-7H,2,5H2,1H3,(H,13,14). The van der Waals surface area contributed by atoms with Crippen LogP contribution in [0.15, 0.2) is 29.2 Å². The van der Waals surface area contributed by atoms with E-state index in [0.717, 1.165) is 17.8 Å². The Kier molecular flexibility index (Phi) is 4.69. The van der Waals surface area contributed by atoms with Crippen molar-refractivity contribution in [2.45, 2.75) is 24.7 Å². The Labute approximate surface area is 118 Å². The summed E-state index contributed by atoms with van der Waals surface area (Å²) in [4.78, 5) is 11.0. The third-order valence-corrected chi connectivity index (χ3v) is 4.13. The first-order valence-electron chi connectivity index (χ1n) is 5.69. The molecule has 1 aromatic heterocycles. The van der Waals surface area contributed by atoms with Gasteiger partial charge in [0.2, 0.25) is 5.13 Å². The van der Waals surface area contributed by atoms with Gasteiger partial charge in [0.15, 0.2) is 0 Å². The van der Waals surface area contributed by atoms with Gasteiger partial charge in [-0.3, -0.25) is 14.8 Å². The summed E-state index contributed by atoms with van der Waals surface area (Å²) in [5.41, 5.74) is 0.0818. The lowest BCUT2D eigenvalue weighted by Crippen LogP contribution is -1.92. The molecule has 1 aromatic carbocycles. The van der Waals surface area contributed by atoms with E-state index < -0.39 is 4.92 Å².